The number of aliphatic hydroxyl groups excluding tert-OH is 1. The Morgan fingerprint density at radius 2 is 2.05 bits per heavy atom. The van der Waals surface area contributed by atoms with Gasteiger partial charge in [0.25, 0.3) is 0 Å². The highest BCUT2D eigenvalue weighted by molar-refractivity contribution is 5.15. The van der Waals surface area contributed by atoms with E-state index in [0.717, 1.165) is 24.8 Å². The normalized spacial score (nSPS) is 30.5. The van der Waals surface area contributed by atoms with E-state index in [9.17, 15) is 5.11 Å². The number of rotatable bonds is 6. The highest BCUT2D eigenvalue weighted by atomic mass is 16.3. The molecule has 1 aromatic carbocycles. The van der Waals surface area contributed by atoms with Gasteiger partial charge in [0.1, 0.15) is 0 Å². The van der Waals surface area contributed by atoms with E-state index in [0.29, 0.717) is 6.04 Å². The first-order chi connectivity index (χ1) is 10.3. The maximum atomic E-state index is 9.40. The van der Waals surface area contributed by atoms with Crippen LogP contribution in [0.15, 0.2) is 30.3 Å². The van der Waals surface area contributed by atoms with Crippen LogP contribution in [-0.4, -0.2) is 41.8 Å². The minimum atomic E-state index is 0.262. The Labute approximate surface area is 128 Å². The Kier molecular flexibility index (Phi) is 4.94. The van der Waals surface area contributed by atoms with Crippen LogP contribution in [0.25, 0.3) is 0 Å². The maximum Gasteiger partial charge on any atom is 0.0584 e. The summed E-state index contributed by atoms with van der Waals surface area (Å²) in [5.41, 5.74) is 1.42. The molecule has 0 amide bonds. The number of likely N-dealkylation sites (tertiary alicyclic amines) is 1. The van der Waals surface area contributed by atoms with Gasteiger partial charge in [0, 0.05) is 31.7 Å². The van der Waals surface area contributed by atoms with E-state index < -0.39 is 0 Å². The molecular formula is C18H28N2O. The summed E-state index contributed by atoms with van der Waals surface area (Å²) in [6, 6.07) is 11.7. The number of nitrogens with zero attached hydrogens (tertiary/aromatic N) is 1. The summed E-state index contributed by atoms with van der Waals surface area (Å²) in [7, 11) is 0. The number of aliphatic hydroxyl groups is 1. The largest absolute Gasteiger partial charge is 0.395 e. The van der Waals surface area contributed by atoms with Gasteiger partial charge in [0.05, 0.1) is 6.61 Å². The molecule has 3 rings (SSSR count). The third kappa shape index (κ3) is 3.47. The van der Waals surface area contributed by atoms with Crippen molar-refractivity contribution in [3.63, 3.8) is 0 Å². The topological polar surface area (TPSA) is 35.5 Å². The molecule has 1 aliphatic heterocycles. The van der Waals surface area contributed by atoms with Gasteiger partial charge in [-0.15, -0.1) is 0 Å². The van der Waals surface area contributed by atoms with E-state index >= 15 is 0 Å². The molecule has 0 radical (unpaired) electrons. The highest BCUT2D eigenvalue weighted by Crippen LogP contribution is 2.38. The lowest BCUT2D eigenvalue weighted by Crippen LogP contribution is -2.43. The molecule has 1 heterocycles. The number of nitrogens with one attached hydrogen (secondary N) is 1. The number of hydrogen-bond donors (Lipinski definition) is 2. The highest BCUT2D eigenvalue weighted by Gasteiger charge is 2.42. The van der Waals surface area contributed by atoms with Gasteiger partial charge < -0.3 is 10.4 Å². The molecule has 21 heavy (non-hydrogen) atoms. The Morgan fingerprint density at radius 1 is 1.24 bits per heavy atom. The molecule has 2 aliphatic rings. The van der Waals surface area contributed by atoms with E-state index in [1.54, 1.807) is 0 Å². The third-order valence-corrected chi connectivity index (χ3v) is 5.34. The fourth-order valence-electron chi connectivity index (χ4n) is 4.14. The van der Waals surface area contributed by atoms with E-state index in [1.165, 1.54) is 31.5 Å². The molecule has 2 N–H and O–H groups in total. The minimum absolute atomic E-state index is 0.262. The number of hydrogen-bond acceptors (Lipinski definition) is 3. The molecule has 3 unspecified atom stereocenters. The smallest absolute Gasteiger partial charge is 0.0584 e. The number of benzene rings is 1. The van der Waals surface area contributed by atoms with Gasteiger partial charge in [0.15, 0.2) is 0 Å². The van der Waals surface area contributed by atoms with Gasteiger partial charge in [-0.3, -0.25) is 4.90 Å². The van der Waals surface area contributed by atoms with Crippen LogP contribution in [0.3, 0.4) is 0 Å². The summed E-state index contributed by atoms with van der Waals surface area (Å²) in [6.07, 6.45) is 3.64. The predicted molar refractivity (Wildman–Crippen MR) is 86.0 cm³/mol. The van der Waals surface area contributed by atoms with Gasteiger partial charge in [-0.2, -0.15) is 0 Å². The molecule has 1 aromatic rings. The van der Waals surface area contributed by atoms with Gasteiger partial charge >= 0.3 is 0 Å². The van der Waals surface area contributed by atoms with Crippen molar-refractivity contribution in [3.05, 3.63) is 35.9 Å². The first-order valence-electron chi connectivity index (χ1n) is 8.43. The summed E-state index contributed by atoms with van der Waals surface area (Å²) in [4.78, 5) is 2.61. The van der Waals surface area contributed by atoms with Gasteiger partial charge in [-0.25, -0.2) is 0 Å². The van der Waals surface area contributed by atoms with E-state index in [2.05, 4.69) is 47.5 Å². The Balaban J connectivity index is 1.56. The Hall–Kier alpha value is -0.900. The number of fused-ring (bicyclic) bond motifs is 1. The lowest BCUT2D eigenvalue weighted by molar-refractivity contribution is 0.211. The van der Waals surface area contributed by atoms with Gasteiger partial charge in [-0.1, -0.05) is 37.3 Å². The third-order valence-electron chi connectivity index (χ3n) is 5.34. The van der Waals surface area contributed by atoms with Gasteiger partial charge in [-0.05, 0) is 36.7 Å². The molecule has 3 heteroatoms. The monoisotopic (exact) mass is 288 g/mol. The van der Waals surface area contributed by atoms with Crippen molar-refractivity contribution in [1.29, 1.82) is 0 Å². The van der Waals surface area contributed by atoms with Crippen molar-refractivity contribution >= 4 is 0 Å². The van der Waals surface area contributed by atoms with Crippen LogP contribution < -0.4 is 5.32 Å². The molecule has 1 saturated heterocycles. The van der Waals surface area contributed by atoms with Crippen molar-refractivity contribution in [3.8, 4) is 0 Å². The SMILES string of the molecule is CC[C@H](CO)NC1CCC2CN(Cc3ccccc3)CC21. The molecule has 4 atom stereocenters. The molecule has 0 bridgehead atoms. The fraction of sp³-hybridized carbons (Fsp3) is 0.667. The summed E-state index contributed by atoms with van der Waals surface area (Å²) in [5, 5.41) is 13.1. The average molecular weight is 288 g/mol. The van der Waals surface area contributed by atoms with Crippen LogP contribution >= 0.6 is 0 Å². The minimum Gasteiger partial charge on any atom is -0.395 e. The lowest BCUT2D eigenvalue weighted by Gasteiger charge is -2.25. The van der Waals surface area contributed by atoms with Crippen LogP contribution in [0.1, 0.15) is 31.7 Å². The Bertz CT molecular complexity index is 432. The van der Waals surface area contributed by atoms with Crippen molar-refractivity contribution in [1.82, 2.24) is 10.2 Å². The zero-order valence-corrected chi connectivity index (χ0v) is 13.0. The fourth-order valence-corrected chi connectivity index (χ4v) is 4.14. The van der Waals surface area contributed by atoms with Crippen LogP contribution in [0.5, 0.6) is 0 Å². The zero-order valence-electron chi connectivity index (χ0n) is 13.0. The average Bonchev–Trinajstić information content (AvgIpc) is 3.06. The van der Waals surface area contributed by atoms with Crippen molar-refractivity contribution in [2.45, 2.75) is 44.8 Å². The van der Waals surface area contributed by atoms with Crippen molar-refractivity contribution in [2.24, 2.45) is 11.8 Å². The second-order valence-electron chi connectivity index (χ2n) is 6.74. The lowest BCUT2D eigenvalue weighted by atomic mass is 9.97. The van der Waals surface area contributed by atoms with Gasteiger partial charge in [0.2, 0.25) is 0 Å². The quantitative estimate of drug-likeness (QED) is 0.843. The Morgan fingerprint density at radius 3 is 2.76 bits per heavy atom. The molecule has 1 aliphatic carbocycles. The molecule has 2 fully saturated rings. The summed E-state index contributed by atoms with van der Waals surface area (Å²) < 4.78 is 0. The molecule has 1 saturated carbocycles. The molecular weight excluding hydrogens is 260 g/mol. The van der Waals surface area contributed by atoms with E-state index in [1.807, 2.05) is 0 Å². The second kappa shape index (κ2) is 6.91. The molecule has 0 spiro atoms. The molecule has 116 valence electrons. The first-order valence-corrected chi connectivity index (χ1v) is 8.43. The predicted octanol–water partition coefficient (Wildman–Crippen LogP) is 2.26. The van der Waals surface area contributed by atoms with Crippen molar-refractivity contribution < 1.29 is 5.11 Å². The van der Waals surface area contributed by atoms with E-state index in [4.69, 9.17) is 0 Å². The molecule has 0 aromatic heterocycles. The first kappa shape index (κ1) is 15.0. The molecule has 3 nitrogen and oxygen atoms in total. The van der Waals surface area contributed by atoms with Crippen LogP contribution in [0.2, 0.25) is 0 Å². The standard InChI is InChI=1S/C18H28N2O/c1-2-16(13-21)19-18-9-8-15-11-20(12-17(15)18)10-14-6-4-3-5-7-14/h3-7,15-19,21H,2,8-13H2,1H3/t15?,16-,17?,18?/m1/s1. The summed E-state index contributed by atoms with van der Waals surface area (Å²) >= 11 is 0. The zero-order chi connectivity index (χ0) is 14.7. The summed E-state index contributed by atoms with van der Waals surface area (Å²) in [5.74, 6) is 1.62. The van der Waals surface area contributed by atoms with Crippen LogP contribution in [0, 0.1) is 11.8 Å². The second-order valence-corrected chi connectivity index (χ2v) is 6.74. The summed E-state index contributed by atoms with van der Waals surface area (Å²) in [6.45, 7) is 5.94. The van der Waals surface area contributed by atoms with E-state index in [-0.39, 0.29) is 12.6 Å². The van der Waals surface area contributed by atoms with Crippen LogP contribution in [0.4, 0.5) is 0 Å². The van der Waals surface area contributed by atoms with Crippen LogP contribution in [-0.2, 0) is 6.54 Å². The maximum absolute atomic E-state index is 9.40. The van der Waals surface area contributed by atoms with Crippen molar-refractivity contribution in [2.75, 3.05) is 19.7 Å².